The number of aliphatic hydroxyl groups excluding tert-OH is 2. The number of hydrogen-bond acceptors (Lipinski definition) is 6. The van der Waals surface area contributed by atoms with Gasteiger partial charge in [-0.2, -0.15) is 0 Å². The summed E-state index contributed by atoms with van der Waals surface area (Å²) in [6.07, 6.45) is 15.6. The molecule has 0 spiro atoms. The average molecular weight is 418 g/mol. The van der Waals surface area contributed by atoms with E-state index in [2.05, 4.69) is 0 Å². The molecule has 0 aliphatic heterocycles. The predicted octanol–water partition coefficient (Wildman–Crippen LogP) is 4.45. The second-order valence-electron chi connectivity index (χ2n) is 7.99. The van der Waals surface area contributed by atoms with Crippen molar-refractivity contribution in [2.75, 3.05) is 19.8 Å². The third-order valence-corrected chi connectivity index (χ3v) is 5.42. The smallest absolute Gasteiger partial charge is 0.331 e. The highest BCUT2D eigenvalue weighted by Crippen LogP contribution is 2.21. The zero-order chi connectivity index (χ0) is 21.8. The number of rotatable bonds is 21. The normalized spacial score (nSPS) is 14.5. The van der Waals surface area contributed by atoms with E-state index in [-0.39, 0.29) is 6.61 Å². The van der Waals surface area contributed by atoms with Crippen LogP contribution in [0, 0.1) is 0 Å². The lowest BCUT2D eigenvalue weighted by molar-refractivity contribution is -0.181. The zero-order valence-electron chi connectivity index (χ0n) is 19.0. The summed E-state index contributed by atoms with van der Waals surface area (Å²) in [5.74, 6) is -0.589. The molecule has 0 fully saturated rings. The Bertz CT molecular complexity index is 380. The van der Waals surface area contributed by atoms with Gasteiger partial charge in [-0.05, 0) is 26.7 Å². The van der Waals surface area contributed by atoms with E-state index in [0.29, 0.717) is 19.6 Å². The van der Waals surface area contributed by atoms with Gasteiger partial charge in [0.15, 0.2) is 11.8 Å². The molecule has 0 amide bonds. The Morgan fingerprint density at radius 1 is 0.793 bits per heavy atom. The van der Waals surface area contributed by atoms with Crippen LogP contribution in [0.4, 0.5) is 0 Å². The number of aliphatic hydroxyl groups is 2. The van der Waals surface area contributed by atoms with Crippen LogP contribution in [-0.4, -0.2) is 47.8 Å². The Balaban J connectivity index is 3.71. The van der Waals surface area contributed by atoms with Gasteiger partial charge < -0.3 is 25.4 Å². The van der Waals surface area contributed by atoms with Crippen molar-refractivity contribution in [2.24, 2.45) is 5.73 Å². The van der Waals surface area contributed by atoms with Crippen LogP contribution < -0.4 is 5.73 Å². The molecule has 0 aromatic heterocycles. The molecule has 174 valence electrons. The Labute approximate surface area is 178 Å². The Kier molecular flexibility index (Phi) is 18.8. The van der Waals surface area contributed by atoms with Crippen LogP contribution in [0.3, 0.4) is 0 Å². The molecule has 29 heavy (non-hydrogen) atoms. The number of carbonyl (C=O) groups excluding carboxylic acids is 1. The molecular weight excluding hydrogens is 370 g/mol. The highest BCUT2D eigenvalue weighted by atomic mass is 16.6. The summed E-state index contributed by atoms with van der Waals surface area (Å²) in [4.78, 5) is 12.2. The van der Waals surface area contributed by atoms with Gasteiger partial charge in [-0.15, -0.1) is 0 Å². The monoisotopic (exact) mass is 417 g/mol. The molecule has 2 atom stereocenters. The van der Waals surface area contributed by atoms with Crippen molar-refractivity contribution in [1.82, 2.24) is 0 Å². The van der Waals surface area contributed by atoms with E-state index in [9.17, 15) is 9.90 Å². The largest absolute Gasteiger partial charge is 0.464 e. The van der Waals surface area contributed by atoms with Crippen molar-refractivity contribution >= 4 is 5.97 Å². The zero-order valence-corrected chi connectivity index (χ0v) is 19.0. The maximum atomic E-state index is 12.2. The Hall–Kier alpha value is -0.690. The van der Waals surface area contributed by atoms with Gasteiger partial charge in [0.1, 0.15) is 0 Å². The number of carbonyl (C=O) groups is 1. The van der Waals surface area contributed by atoms with Crippen LogP contribution >= 0.6 is 0 Å². The Morgan fingerprint density at radius 2 is 1.21 bits per heavy atom. The summed E-state index contributed by atoms with van der Waals surface area (Å²) in [6, 6.07) is 0. The first-order valence-corrected chi connectivity index (χ1v) is 11.9. The molecule has 0 aliphatic rings. The van der Waals surface area contributed by atoms with Gasteiger partial charge in [-0.25, -0.2) is 4.79 Å². The van der Waals surface area contributed by atoms with Crippen molar-refractivity contribution in [3.05, 3.63) is 0 Å². The van der Waals surface area contributed by atoms with Gasteiger partial charge in [-0.1, -0.05) is 83.5 Å². The van der Waals surface area contributed by atoms with Gasteiger partial charge in [0, 0.05) is 13.2 Å². The second kappa shape index (κ2) is 19.3. The molecule has 2 unspecified atom stereocenters. The molecule has 0 rings (SSSR count). The van der Waals surface area contributed by atoms with E-state index in [1.54, 1.807) is 13.8 Å². The fourth-order valence-corrected chi connectivity index (χ4v) is 3.55. The lowest BCUT2D eigenvalue weighted by Crippen LogP contribution is -2.59. The second-order valence-corrected chi connectivity index (χ2v) is 7.99. The van der Waals surface area contributed by atoms with E-state index in [4.69, 9.17) is 20.3 Å². The SMILES string of the molecule is CCOC(=O)C(N)(CCCCCCCCCCCCCCCCO)C(O)OCC. The van der Waals surface area contributed by atoms with Crippen LogP contribution in [0.2, 0.25) is 0 Å². The van der Waals surface area contributed by atoms with Gasteiger partial charge in [0.25, 0.3) is 0 Å². The molecule has 6 nitrogen and oxygen atoms in total. The van der Waals surface area contributed by atoms with Crippen molar-refractivity contribution in [3.63, 3.8) is 0 Å². The first kappa shape index (κ1) is 28.3. The van der Waals surface area contributed by atoms with Gasteiger partial charge in [0.05, 0.1) is 6.61 Å². The maximum absolute atomic E-state index is 12.2. The molecule has 0 saturated heterocycles. The molecule has 0 saturated carbocycles. The number of nitrogens with two attached hydrogens (primary N) is 1. The molecular formula is C23H47NO5. The van der Waals surface area contributed by atoms with Crippen molar-refractivity contribution < 1.29 is 24.5 Å². The van der Waals surface area contributed by atoms with E-state index in [1.165, 1.54) is 57.8 Å². The number of ether oxygens (including phenoxy) is 2. The average Bonchev–Trinajstić information content (AvgIpc) is 2.71. The van der Waals surface area contributed by atoms with Crippen LogP contribution in [0.5, 0.6) is 0 Å². The minimum Gasteiger partial charge on any atom is -0.464 e. The summed E-state index contributed by atoms with van der Waals surface area (Å²) in [7, 11) is 0. The fourth-order valence-electron chi connectivity index (χ4n) is 3.55. The van der Waals surface area contributed by atoms with E-state index in [1.807, 2.05) is 0 Å². The van der Waals surface area contributed by atoms with Crippen molar-refractivity contribution in [3.8, 4) is 0 Å². The highest BCUT2D eigenvalue weighted by molar-refractivity contribution is 5.81. The molecule has 0 bridgehead atoms. The Morgan fingerprint density at radius 3 is 1.59 bits per heavy atom. The molecule has 0 aliphatic carbocycles. The molecule has 4 N–H and O–H groups in total. The number of unbranched alkanes of at least 4 members (excludes halogenated alkanes) is 13. The van der Waals surface area contributed by atoms with Crippen LogP contribution in [-0.2, 0) is 14.3 Å². The molecule has 6 heteroatoms. The summed E-state index contributed by atoms with van der Waals surface area (Å²) >= 11 is 0. The molecule has 0 heterocycles. The maximum Gasteiger partial charge on any atom is 0.331 e. The summed E-state index contributed by atoms with van der Waals surface area (Å²) in [5, 5.41) is 18.9. The van der Waals surface area contributed by atoms with Crippen molar-refractivity contribution in [2.45, 2.75) is 122 Å². The summed E-state index contributed by atoms with van der Waals surface area (Å²) in [6.45, 7) is 4.34. The predicted molar refractivity (Wildman–Crippen MR) is 118 cm³/mol. The molecule has 0 aromatic rings. The first-order valence-electron chi connectivity index (χ1n) is 11.9. The fraction of sp³-hybridized carbons (Fsp3) is 0.957. The van der Waals surface area contributed by atoms with E-state index < -0.39 is 17.8 Å². The number of esters is 1. The third kappa shape index (κ3) is 14.0. The first-order chi connectivity index (χ1) is 14.0. The third-order valence-electron chi connectivity index (χ3n) is 5.42. The quantitative estimate of drug-likeness (QED) is 0.145. The minimum absolute atomic E-state index is 0.236. The molecule has 0 aromatic carbocycles. The highest BCUT2D eigenvalue weighted by Gasteiger charge is 2.43. The number of hydrogen-bond donors (Lipinski definition) is 3. The van der Waals surface area contributed by atoms with Gasteiger partial charge >= 0.3 is 5.97 Å². The van der Waals surface area contributed by atoms with Crippen LogP contribution in [0.15, 0.2) is 0 Å². The lowest BCUT2D eigenvalue weighted by Gasteiger charge is -2.31. The van der Waals surface area contributed by atoms with Crippen LogP contribution in [0.25, 0.3) is 0 Å². The van der Waals surface area contributed by atoms with E-state index in [0.717, 1.165) is 32.1 Å². The topological polar surface area (TPSA) is 102 Å². The minimum atomic E-state index is -1.48. The lowest BCUT2D eigenvalue weighted by atomic mass is 9.92. The standard InChI is InChI=1S/C23H47NO5/c1-3-28-21(26)23(24,22(27)29-4-2)19-17-15-13-11-9-7-5-6-8-10-12-14-16-18-20-25/h21,25-26H,3-20,24H2,1-2H3. The van der Waals surface area contributed by atoms with Gasteiger partial charge in [0.2, 0.25) is 0 Å². The van der Waals surface area contributed by atoms with Gasteiger partial charge in [-0.3, -0.25) is 0 Å². The van der Waals surface area contributed by atoms with E-state index >= 15 is 0 Å². The molecule has 0 radical (unpaired) electrons. The summed E-state index contributed by atoms with van der Waals surface area (Å²) in [5.41, 5.74) is 4.67. The van der Waals surface area contributed by atoms with Crippen LogP contribution in [0.1, 0.15) is 110 Å². The summed E-state index contributed by atoms with van der Waals surface area (Å²) < 4.78 is 10.2. The van der Waals surface area contributed by atoms with Crippen molar-refractivity contribution in [1.29, 1.82) is 0 Å².